The number of aromatic nitrogens is 3. The Bertz CT molecular complexity index is 1240. The molecule has 1 aliphatic rings. The maximum Gasteiger partial charge on any atom is 0.259 e. The van der Waals surface area contributed by atoms with E-state index in [9.17, 15) is 4.79 Å². The number of nitrogens with zero attached hydrogens (tertiary/aromatic N) is 4. The Hall–Kier alpha value is -2.99. The van der Waals surface area contributed by atoms with Gasteiger partial charge in [0.05, 0.1) is 27.2 Å². The van der Waals surface area contributed by atoms with Gasteiger partial charge in [-0.15, -0.1) is 11.3 Å². The molecule has 0 aliphatic carbocycles. The van der Waals surface area contributed by atoms with Crippen molar-refractivity contribution >= 4 is 34.0 Å². The molecule has 0 atom stereocenters. The predicted molar refractivity (Wildman–Crippen MR) is 118 cm³/mol. The minimum atomic E-state index is 0.0242. The van der Waals surface area contributed by atoms with Crippen LogP contribution in [-0.2, 0) is 13.5 Å². The minimum Gasteiger partial charge on any atom is -0.308 e. The fraction of sp³-hybridized carbons (Fsp3) is 0.261. The molecule has 0 bridgehead atoms. The summed E-state index contributed by atoms with van der Waals surface area (Å²) in [6, 6.07) is 12.3. The van der Waals surface area contributed by atoms with Crippen LogP contribution in [0, 0.1) is 13.8 Å². The number of carbonyl (C=O) groups excluding carboxylic acids is 1. The number of carbonyl (C=O) groups is 1. The number of aryl methyl sites for hydroxylation is 4. The highest BCUT2D eigenvalue weighted by atomic mass is 32.1. The van der Waals surface area contributed by atoms with E-state index in [2.05, 4.69) is 30.2 Å². The van der Waals surface area contributed by atoms with Crippen molar-refractivity contribution in [2.45, 2.75) is 26.7 Å². The first-order valence-electron chi connectivity index (χ1n) is 9.82. The van der Waals surface area contributed by atoms with Gasteiger partial charge in [-0.1, -0.05) is 23.8 Å². The van der Waals surface area contributed by atoms with E-state index in [0.717, 1.165) is 52.4 Å². The van der Waals surface area contributed by atoms with E-state index < -0.39 is 0 Å². The van der Waals surface area contributed by atoms with E-state index in [-0.39, 0.29) is 5.91 Å². The molecular formula is C23H22N4OS. The molecule has 29 heavy (non-hydrogen) atoms. The quantitative estimate of drug-likeness (QED) is 0.479. The number of rotatable bonds is 2. The topological polar surface area (TPSA) is 51.0 Å². The smallest absolute Gasteiger partial charge is 0.259 e. The Morgan fingerprint density at radius 3 is 2.83 bits per heavy atom. The number of hydrogen-bond donors (Lipinski definition) is 0. The molecule has 5 nitrogen and oxygen atoms in total. The second-order valence-corrected chi connectivity index (χ2v) is 8.58. The molecule has 146 valence electrons. The lowest BCUT2D eigenvalue weighted by Crippen LogP contribution is -2.35. The summed E-state index contributed by atoms with van der Waals surface area (Å²) in [5.74, 6) is 0.0242. The summed E-state index contributed by atoms with van der Waals surface area (Å²) in [7, 11) is 1.88. The molecule has 1 aliphatic heterocycles. The molecule has 0 unspecified atom stereocenters. The molecule has 6 heteroatoms. The van der Waals surface area contributed by atoms with Gasteiger partial charge in [0.15, 0.2) is 5.65 Å². The lowest BCUT2D eigenvalue weighted by molar-refractivity contribution is 0.0986. The molecule has 1 aromatic carbocycles. The average Bonchev–Trinajstić information content (AvgIpc) is 3.35. The van der Waals surface area contributed by atoms with Crippen LogP contribution in [0.2, 0.25) is 0 Å². The van der Waals surface area contributed by atoms with Gasteiger partial charge in [-0.05, 0) is 55.8 Å². The van der Waals surface area contributed by atoms with Gasteiger partial charge in [0.2, 0.25) is 0 Å². The van der Waals surface area contributed by atoms with Crippen LogP contribution >= 0.6 is 11.3 Å². The van der Waals surface area contributed by atoms with Gasteiger partial charge in [-0.25, -0.2) is 4.98 Å². The Balaban J connectivity index is 1.70. The van der Waals surface area contributed by atoms with Crippen molar-refractivity contribution in [2.75, 3.05) is 11.4 Å². The Morgan fingerprint density at radius 1 is 1.17 bits per heavy atom. The Labute approximate surface area is 173 Å². The predicted octanol–water partition coefficient (Wildman–Crippen LogP) is 4.91. The first-order valence-corrected chi connectivity index (χ1v) is 10.7. The van der Waals surface area contributed by atoms with Crippen LogP contribution in [0.5, 0.6) is 0 Å². The van der Waals surface area contributed by atoms with Crippen LogP contribution in [-0.4, -0.2) is 27.2 Å². The largest absolute Gasteiger partial charge is 0.308 e. The van der Waals surface area contributed by atoms with Crippen LogP contribution in [0.15, 0.2) is 41.8 Å². The highest BCUT2D eigenvalue weighted by Crippen LogP contribution is 2.33. The fourth-order valence-electron chi connectivity index (χ4n) is 4.25. The van der Waals surface area contributed by atoms with E-state index >= 15 is 0 Å². The number of benzene rings is 1. The third-order valence-electron chi connectivity index (χ3n) is 5.57. The van der Waals surface area contributed by atoms with Crippen LogP contribution in [0.1, 0.15) is 33.6 Å². The van der Waals surface area contributed by atoms with Gasteiger partial charge >= 0.3 is 0 Å². The summed E-state index contributed by atoms with van der Waals surface area (Å²) in [6.45, 7) is 4.77. The van der Waals surface area contributed by atoms with Crippen molar-refractivity contribution in [1.29, 1.82) is 0 Å². The zero-order valence-electron chi connectivity index (χ0n) is 16.8. The van der Waals surface area contributed by atoms with Gasteiger partial charge in [-0.3, -0.25) is 9.48 Å². The number of amides is 1. The van der Waals surface area contributed by atoms with Crippen LogP contribution in [0.3, 0.4) is 0 Å². The standard InChI is InChI=1S/C23H22N4OS/c1-14-8-9-19-16(12-14)6-4-10-27(19)23(28)17-13-18(20-7-5-11-29-20)24-22-21(17)15(2)25-26(22)3/h5,7-9,11-13H,4,6,10H2,1-3H3. The molecule has 0 saturated heterocycles. The number of pyridine rings is 1. The highest BCUT2D eigenvalue weighted by Gasteiger charge is 2.27. The summed E-state index contributed by atoms with van der Waals surface area (Å²) in [5, 5.41) is 7.42. The summed E-state index contributed by atoms with van der Waals surface area (Å²) < 4.78 is 1.77. The molecule has 0 N–H and O–H groups in total. The third-order valence-corrected chi connectivity index (χ3v) is 6.46. The molecular weight excluding hydrogens is 380 g/mol. The lowest BCUT2D eigenvalue weighted by atomic mass is 9.98. The van der Waals surface area contributed by atoms with Crippen molar-refractivity contribution in [3.8, 4) is 10.6 Å². The number of anilines is 1. The van der Waals surface area contributed by atoms with Crippen molar-refractivity contribution in [3.05, 3.63) is 64.2 Å². The molecule has 0 radical (unpaired) electrons. The van der Waals surface area contributed by atoms with E-state index in [4.69, 9.17) is 4.98 Å². The molecule has 0 fully saturated rings. The number of fused-ring (bicyclic) bond motifs is 2. The molecule has 1 amide bonds. The molecule has 0 spiro atoms. The molecule has 3 aromatic heterocycles. The van der Waals surface area contributed by atoms with Crippen molar-refractivity contribution in [2.24, 2.45) is 7.05 Å². The third kappa shape index (κ3) is 2.95. The molecule has 0 saturated carbocycles. The second kappa shape index (κ2) is 6.81. The van der Waals surface area contributed by atoms with Gasteiger partial charge in [0.25, 0.3) is 5.91 Å². The van der Waals surface area contributed by atoms with Crippen molar-refractivity contribution in [3.63, 3.8) is 0 Å². The second-order valence-electron chi connectivity index (χ2n) is 7.63. The minimum absolute atomic E-state index is 0.0242. The maximum absolute atomic E-state index is 13.8. The van der Waals surface area contributed by atoms with Gasteiger partial charge in [0.1, 0.15) is 0 Å². The molecule has 4 aromatic rings. The monoisotopic (exact) mass is 402 g/mol. The highest BCUT2D eigenvalue weighted by molar-refractivity contribution is 7.13. The Kier molecular flexibility index (Phi) is 4.24. The van der Waals surface area contributed by atoms with Gasteiger partial charge in [-0.2, -0.15) is 5.10 Å². The van der Waals surface area contributed by atoms with E-state index in [1.54, 1.807) is 16.0 Å². The summed E-state index contributed by atoms with van der Waals surface area (Å²) in [4.78, 5) is 21.6. The first kappa shape index (κ1) is 18.1. The van der Waals surface area contributed by atoms with E-state index in [0.29, 0.717) is 5.56 Å². The van der Waals surface area contributed by atoms with E-state index in [1.165, 1.54) is 11.1 Å². The van der Waals surface area contributed by atoms with Crippen molar-refractivity contribution < 1.29 is 4.79 Å². The Morgan fingerprint density at radius 2 is 2.03 bits per heavy atom. The zero-order valence-corrected chi connectivity index (χ0v) is 17.6. The number of hydrogen-bond acceptors (Lipinski definition) is 4. The normalized spacial score (nSPS) is 13.7. The van der Waals surface area contributed by atoms with Gasteiger partial charge < -0.3 is 4.90 Å². The van der Waals surface area contributed by atoms with Gasteiger partial charge in [0, 0.05) is 19.3 Å². The fourth-order valence-corrected chi connectivity index (χ4v) is 4.93. The van der Waals surface area contributed by atoms with Crippen molar-refractivity contribution in [1.82, 2.24) is 14.8 Å². The molecule has 4 heterocycles. The van der Waals surface area contributed by atoms with Crippen LogP contribution in [0.4, 0.5) is 5.69 Å². The first-order chi connectivity index (χ1) is 14.0. The maximum atomic E-state index is 13.8. The summed E-state index contributed by atoms with van der Waals surface area (Å²) in [5.41, 5.74) is 6.58. The molecule has 5 rings (SSSR count). The lowest BCUT2D eigenvalue weighted by Gasteiger charge is -2.30. The van der Waals surface area contributed by atoms with E-state index in [1.807, 2.05) is 42.5 Å². The summed E-state index contributed by atoms with van der Waals surface area (Å²) >= 11 is 1.63. The average molecular weight is 403 g/mol. The van der Waals surface area contributed by atoms with Crippen LogP contribution in [0.25, 0.3) is 21.6 Å². The SMILES string of the molecule is Cc1ccc2c(c1)CCCN2C(=O)c1cc(-c2cccs2)nc2c1c(C)nn2C. The zero-order chi connectivity index (χ0) is 20.1. The van der Waals surface area contributed by atoms with Crippen LogP contribution < -0.4 is 4.90 Å². The summed E-state index contributed by atoms with van der Waals surface area (Å²) in [6.07, 6.45) is 1.99. The number of thiophene rings is 1.